The predicted molar refractivity (Wildman–Crippen MR) is 83.7 cm³/mol. The molecule has 2 rings (SSSR count). The minimum atomic E-state index is -1.09. The van der Waals surface area contributed by atoms with Crippen LogP contribution in [-0.2, 0) is 13.0 Å². The molecule has 7 nitrogen and oxygen atoms in total. The minimum absolute atomic E-state index is 0.0327. The van der Waals surface area contributed by atoms with Crippen molar-refractivity contribution in [2.24, 2.45) is 0 Å². The van der Waals surface area contributed by atoms with E-state index < -0.39 is 11.9 Å². The molecule has 0 radical (unpaired) electrons. The van der Waals surface area contributed by atoms with E-state index in [0.29, 0.717) is 25.3 Å². The van der Waals surface area contributed by atoms with E-state index in [1.54, 1.807) is 6.92 Å². The molecule has 0 unspecified atom stereocenters. The highest BCUT2D eigenvalue weighted by molar-refractivity contribution is 5.96. The fourth-order valence-corrected chi connectivity index (χ4v) is 2.40. The number of amides is 1. The molecular formula is C16H21N3O4. The highest BCUT2D eigenvalue weighted by Crippen LogP contribution is 2.16. The van der Waals surface area contributed by atoms with Crippen LogP contribution in [0.1, 0.15) is 51.4 Å². The molecule has 0 atom stereocenters. The lowest BCUT2D eigenvalue weighted by atomic mass is 10.2. The van der Waals surface area contributed by atoms with E-state index in [2.05, 4.69) is 10.4 Å². The number of hydrogen-bond donors (Lipinski definition) is 2. The van der Waals surface area contributed by atoms with Gasteiger partial charge >= 0.3 is 5.97 Å². The van der Waals surface area contributed by atoms with Gasteiger partial charge in [-0.05, 0) is 26.3 Å². The van der Waals surface area contributed by atoms with Gasteiger partial charge < -0.3 is 14.8 Å². The maximum absolute atomic E-state index is 12.0. The van der Waals surface area contributed by atoms with E-state index in [4.69, 9.17) is 9.52 Å². The van der Waals surface area contributed by atoms with Crippen molar-refractivity contribution in [1.29, 1.82) is 0 Å². The summed E-state index contributed by atoms with van der Waals surface area (Å²) in [4.78, 5) is 23.1. The second-order valence-electron chi connectivity index (χ2n) is 5.37. The molecule has 0 bridgehead atoms. The summed E-state index contributed by atoms with van der Waals surface area (Å²) in [7, 11) is 0. The number of aryl methyl sites for hydroxylation is 4. The first-order valence-corrected chi connectivity index (χ1v) is 7.57. The average Bonchev–Trinajstić information content (AvgIpc) is 3.06. The number of carboxylic acid groups (broad SMARTS) is 1. The van der Waals surface area contributed by atoms with Gasteiger partial charge in [0.25, 0.3) is 5.91 Å². The van der Waals surface area contributed by atoms with Gasteiger partial charge in [0.1, 0.15) is 11.3 Å². The smallest absolute Gasteiger partial charge is 0.339 e. The summed E-state index contributed by atoms with van der Waals surface area (Å²) in [5.74, 6) is -1.15. The Morgan fingerprint density at radius 2 is 2.09 bits per heavy atom. The third kappa shape index (κ3) is 4.00. The molecule has 2 heterocycles. The second kappa shape index (κ2) is 7.13. The van der Waals surface area contributed by atoms with E-state index >= 15 is 0 Å². The van der Waals surface area contributed by atoms with Crippen LogP contribution in [0, 0.1) is 13.8 Å². The number of nitrogens with one attached hydrogen (secondary N) is 1. The van der Waals surface area contributed by atoms with Crippen LogP contribution in [0.4, 0.5) is 0 Å². The zero-order valence-electron chi connectivity index (χ0n) is 13.5. The molecule has 1 amide bonds. The van der Waals surface area contributed by atoms with Crippen molar-refractivity contribution >= 4 is 11.9 Å². The van der Waals surface area contributed by atoms with Gasteiger partial charge in [-0.2, -0.15) is 5.10 Å². The van der Waals surface area contributed by atoms with Crippen molar-refractivity contribution in [3.63, 3.8) is 0 Å². The second-order valence-corrected chi connectivity index (χ2v) is 5.37. The summed E-state index contributed by atoms with van der Waals surface area (Å²) in [6.07, 6.45) is 1.15. The molecule has 0 saturated carbocycles. The zero-order chi connectivity index (χ0) is 17.0. The molecule has 0 aromatic carbocycles. The Kier molecular flexibility index (Phi) is 5.20. The molecule has 23 heavy (non-hydrogen) atoms. The third-order valence-electron chi connectivity index (χ3n) is 3.52. The Bertz CT molecular complexity index is 715. The number of carbonyl (C=O) groups excluding carboxylic acids is 1. The summed E-state index contributed by atoms with van der Waals surface area (Å²) >= 11 is 0. The van der Waals surface area contributed by atoms with Gasteiger partial charge in [-0.15, -0.1) is 0 Å². The molecule has 0 aliphatic rings. The van der Waals surface area contributed by atoms with E-state index in [0.717, 1.165) is 17.8 Å². The molecular weight excluding hydrogens is 298 g/mol. The van der Waals surface area contributed by atoms with E-state index in [1.807, 2.05) is 24.6 Å². The topological polar surface area (TPSA) is 97.4 Å². The van der Waals surface area contributed by atoms with E-state index in [9.17, 15) is 9.59 Å². The van der Waals surface area contributed by atoms with E-state index in [-0.39, 0.29) is 11.3 Å². The first kappa shape index (κ1) is 16.8. The molecule has 2 aromatic heterocycles. The first-order valence-electron chi connectivity index (χ1n) is 7.57. The molecule has 0 aliphatic carbocycles. The SMILES string of the molecule is CCc1oc(C(=O)NCCCn2nc(C)cc2C)cc1C(=O)O. The number of aromatic nitrogens is 2. The Morgan fingerprint density at radius 1 is 1.35 bits per heavy atom. The van der Waals surface area contributed by atoms with Crippen molar-refractivity contribution < 1.29 is 19.1 Å². The Labute approximate surface area is 134 Å². The highest BCUT2D eigenvalue weighted by Gasteiger charge is 2.19. The number of hydrogen-bond acceptors (Lipinski definition) is 4. The van der Waals surface area contributed by atoms with Crippen molar-refractivity contribution in [3.8, 4) is 0 Å². The van der Waals surface area contributed by atoms with Crippen LogP contribution in [0.25, 0.3) is 0 Å². The van der Waals surface area contributed by atoms with Gasteiger partial charge in [0.2, 0.25) is 0 Å². The average molecular weight is 319 g/mol. The third-order valence-corrected chi connectivity index (χ3v) is 3.52. The van der Waals surface area contributed by atoms with Crippen LogP contribution >= 0.6 is 0 Å². The molecule has 124 valence electrons. The van der Waals surface area contributed by atoms with Crippen LogP contribution in [0.2, 0.25) is 0 Å². The predicted octanol–water partition coefficient (Wildman–Crippen LogP) is 2.17. The largest absolute Gasteiger partial charge is 0.478 e. The number of carboxylic acids is 1. The molecule has 0 fully saturated rings. The Morgan fingerprint density at radius 3 is 2.61 bits per heavy atom. The summed E-state index contributed by atoms with van der Waals surface area (Å²) in [5.41, 5.74) is 2.09. The maximum atomic E-state index is 12.0. The summed E-state index contributed by atoms with van der Waals surface area (Å²) in [6, 6.07) is 3.28. The number of aromatic carboxylic acids is 1. The molecule has 0 aliphatic heterocycles. The summed E-state index contributed by atoms with van der Waals surface area (Å²) in [5, 5.41) is 16.1. The normalized spacial score (nSPS) is 10.7. The van der Waals surface area contributed by atoms with Crippen molar-refractivity contribution in [3.05, 3.63) is 40.6 Å². The minimum Gasteiger partial charge on any atom is -0.478 e. The lowest BCUT2D eigenvalue weighted by Crippen LogP contribution is -2.25. The highest BCUT2D eigenvalue weighted by atomic mass is 16.4. The quantitative estimate of drug-likeness (QED) is 0.762. The van der Waals surface area contributed by atoms with Gasteiger partial charge in [0, 0.05) is 31.3 Å². The Balaban J connectivity index is 1.87. The number of carbonyl (C=O) groups is 2. The molecule has 0 spiro atoms. The molecule has 2 N–H and O–H groups in total. The van der Waals surface area contributed by atoms with Crippen LogP contribution in [0.15, 0.2) is 16.5 Å². The molecule has 2 aromatic rings. The van der Waals surface area contributed by atoms with Crippen LogP contribution in [0.5, 0.6) is 0 Å². The fraction of sp³-hybridized carbons (Fsp3) is 0.438. The van der Waals surface area contributed by atoms with E-state index in [1.165, 1.54) is 6.07 Å². The monoisotopic (exact) mass is 319 g/mol. The molecule has 7 heteroatoms. The van der Waals surface area contributed by atoms with Gasteiger partial charge in [-0.25, -0.2) is 4.79 Å². The Hall–Kier alpha value is -2.57. The summed E-state index contributed by atoms with van der Waals surface area (Å²) < 4.78 is 7.21. The lowest BCUT2D eigenvalue weighted by Gasteiger charge is -2.05. The number of furan rings is 1. The maximum Gasteiger partial charge on any atom is 0.339 e. The van der Waals surface area contributed by atoms with Crippen LogP contribution in [-0.4, -0.2) is 33.3 Å². The van der Waals surface area contributed by atoms with Gasteiger partial charge in [0.15, 0.2) is 5.76 Å². The van der Waals surface area contributed by atoms with Gasteiger partial charge in [-0.3, -0.25) is 9.48 Å². The zero-order valence-corrected chi connectivity index (χ0v) is 13.5. The van der Waals surface area contributed by atoms with Crippen LogP contribution in [0.3, 0.4) is 0 Å². The van der Waals surface area contributed by atoms with Crippen molar-refractivity contribution in [1.82, 2.24) is 15.1 Å². The van der Waals surface area contributed by atoms with Crippen molar-refractivity contribution in [2.45, 2.75) is 40.2 Å². The summed E-state index contributed by atoms with van der Waals surface area (Å²) in [6.45, 7) is 6.87. The fourth-order valence-electron chi connectivity index (χ4n) is 2.40. The lowest BCUT2D eigenvalue weighted by molar-refractivity contribution is 0.0694. The number of nitrogens with zero attached hydrogens (tertiary/aromatic N) is 2. The van der Waals surface area contributed by atoms with Gasteiger partial charge in [0.05, 0.1) is 5.69 Å². The van der Waals surface area contributed by atoms with Crippen molar-refractivity contribution in [2.75, 3.05) is 6.54 Å². The number of rotatable bonds is 7. The van der Waals surface area contributed by atoms with Crippen LogP contribution < -0.4 is 5.32 Å². The van der Waals surface area contributed by atoms with Gasteiger partial charge in [-0.1, -0.05) is 6.92 Å². The standard InChI is InChI=1S/C16H21N3O4/c1-4-13-12(16(21)22)9-14(23-13)15(20)17-6-5-7-19-11(3)8-10(2)18-19/h8-9H,4-7H2,1-3H3,(H,17,20)(H,21,22). The molecule has 0 saturated heterocycles. The first-order chi connectivity index (χ1) is 10.9.